The Morgan fingerprint density at radius 1 is 0.183 bits per heavy atom. The van der Waals surface area contributed by atoms with Crippen LogP contribution in [0.3, 0.4) is 0 Å². The van der Waals surface area contributed by atoms with Crippen molar-refractivity contribution in [2.75, 3.05) is 0 Å². The monoisotopic (exact) mass is 767 g/mol. The van der Waals surface area contributed by atoms with Crippen LogP contribution >= 0.6 is 0 Å². The van der Waals surface area contributed by atoms with Crippen LogP contribution in [0.15, 0.2) is 224 Å². The molecule has 60 heavy (non-hydrogen) atoms. The summed E-state index contributed by atoms with van der Waals surface area (Å²) in [5.41, 5.74) is 14.0. The number of nitrogens with zero attached hydrogens (tertiary/aromatic N) is 5. The van der Waals surface area contributed by atoms with Crippen molar-refractivity contribution in [1.82, 2.24) is 24.9 Å². The van der Waals surface area contributed by atoms with Gasteiger partial charge in [-0.1, -0.05) is 206 Å². The number of hydrogen-bond donors (Lipinski definition) is 0. The van der Waals surface area contributed by atoms with E-state index in [0.717, 1.165) is 78.1 Å². The molecular weight excluding hydrogens is 731 g/mol. The molecule has 0 amide bonds. The van der Waals surface area contributed by atoms with Crippen molar-refractivity contribution in [3.05, 3.63) is 224 Å². The van der Waals surface area contributed by atoms with Crippen molar-refractivity contribution in [3.8, 4) is 101 Å². The van der Waals surface area contributed by atoms with Crippen molar-refractivity contribution in [1.29, 1.82) is 0 Å². The Balaban J connectivity index is 1.15. The quantitative estimate of drug-likeness (QED) is 0.146. The molecule has 10 aromatic rings. The molecule has 0 aliphatic carbocycles. The molecule has 0 saturated heterocycles. The summed E-state index contributed by atoms with van der Waals surface area (Å²) in [5, 5.41) is 0. The first-order valence-corrected chi connectivity index (χ1v) is 20.0. The Labute approximate surface area is 349 Å². The van der Waals surface area contributed by atoms with E-state index in [1.54, 1.807) is 0 Å². The van der Waals surface area contributed by atoms with Gasteiger partial charge in [-0.05, 0) is 51.6 Å². The fourth-order valence-electron chi connectivity index (χ4n) is 7.58. The lowest BCUT2D eigenvalue weighted by Gasteiger charge is -2.18. The van der Waals surface area contributed by atoms with E-state index in [1.165, 1.54) is 0 Å². The topological polar surface area (TPSA) is 64.5 Å². The van der Waals surface area contributed by atoms with Crippen molar-refractivity contribution >= 4 is 0 Å². The number of hydrogen-bond acceptors (Lipinski definition) is 5. The highest BCUT2D eigenvalue weighted by atomic mass is 15.0. The molecule has 0 atom stereocenters. The molecule has 5 nitrogen and oxygen atoms in total. The highest BCUT2D eigenvalue weighted by Crippen LogP contribution is 2.42. The van der Waals surface area contributed by atoms with Crippen LogP contribution in [0, 0.1) is 0 Å². The SMILES string of the molecule is c1ccc(-c2cc(-c3ccc(-c4ccc(-c5nc(-c6ccccc6)nc(-c6ccccc6)n5)cc4-c4ccccc4)c(-c4ccccc4)c3)nc(-c3ccccc3)n2)cc1. The van der Waals surface area contributed by atoms with Gasteiger partial charge < -0.3 is 0 Å². The van der Waals surface area contributed by atoms with Crippen LogP contribution in [0.25, 0.3) is 101 Å². The molecule has 0 unspecified atom stereocenters. The maximum absolute atomic E-state index is 5.17. The first-order valence-electron chi connectivity index (χ1n) is 20.0. The molecule has 2 heterocycles. The maximum Gasteiger partial charge on any atom is 0.164 e. The first kappa shape index (κ1) is 36.2. The highest BCUT2D eigenvalue weighted by molar-refractivity contribution is 5.95. The zero-order valence-electron chi connectivity index (χ0n) is 32.6. The first-order chi connectivity index (χ1) is 29.7. The van der Waals surface area contributed by atoms with Crippen LogP contribution in [-0.4, -0.2) is 24.9 Å². The maximum atomic E-state index is 5.17. The summed E-state index contributed by atoms with van der Waals surface area (Å²) in [6.07, 6.45) is 0. The van der Waals surface area contributed by atoms with Gasteiger partial charge in [0.05, 0.1) is 11.4 Å². The minimum absolute atomic E-state index is 0.609. The summed E-state index contributed by atoms with van der Waals surface area (Å²) < 4.78 is 0. The van der Waals surface area contributed by atoms with E-state index in [1.807, 2.05) is 97.1 Å². The number of aromatic nitrogens is 5. The molecule has 0 aliphatic heterocycles. The van der Waals surface area contributed by atoms with Gasteiger partial charge in [0.15, 0.2) is 23.3 Å². The van der Waals surface area contributed by atoms with E-state index in [4.69, 9.17) is 24.9 Å². The minimum Gasteiger partial charge on any atom is -0.228 e. The van der Waals surface area contributed by atoms with E-state index in [2.05, 4.69) is 127 Å². The molecular formula is C55H37N5. The third-order valence-electron chi connectivity index (χ3n) is 10.6. The summed E-state index contributed by atoms with van der Waals surface area (Å²) in [4.78, 5) is 25.3. The smallest absolute Gasteiger partial charge is 0.164 e. The second-order valence-electron chi connectivity index (χ2n) is 14.5. The molecule has 0 fully saturated rings. The van der Waals surface area contributed by atoms with E-state index in [9.17, 15) is 0 Å². The lowest BCUT2D eigenvalue weighted by Crippen LogP contribution is -2.00. The van der Waals surface area contributed by atoms with Gasteiger partial charge in [0.25, 0.3) is 0 Å². The third-order valence-corrected chi connectivity index (χ3v) is 10.6. The van der Waals surface area contributed by atoms with E-state index in [0.29, 0.717) is 23.3 Å². The predicted octanol–water partition coefficient (Wildman–Crippen LogP) is 13.7. The minimum atomic E-state index is 0.609. The average molecular weight is 768 g/mol. The average Bonchev–Trinajstić information content (AvgIpc) is 3.35. The van der Waals surface area contributed by atoms with Gasteiger partial charge in [0.1, 0.15) is 0 Å². The van der Waals surface area contributed by atoms with Crippen LogP contribution in [0.4, 0.5) is 0 Å². The molecule has 2 aromatic heterocycles. The molecule has 10 rings (SSSR count). The largest absolute Gasteiger partial charge is 0.228 e. The standard InChI is InChI=1S/C55H37N5/c1-7-19-38(20-8-1)48-35-44(51-37-50(40-23-11-3-12-24-40)56-52(57-51)41-25-13-4-14-26-41)31-33-46(48)47-34-32-45(36-49(47)39-21-9-2-10-22-39)55-59-53(42-27-15-5-16-28-42)58-54(60-55)43-29-17-6-18-30-43/h1-37H. The number of rotatable bonds is 9. The summed E-state index contributed by atoms with van der Waals surface area (Å²) >= 11 is 0. The molecule has 0 radical (unpaired) electrons. The summed E-state index contributed by atoms with van der Waals surface area (Å²) in [6.45, 7) is 0. The van der Waals surface area contributed by atoms with Crippen molar-refractivity contribution in [2.24, 2.45) is 0 Å². The fourth-order valence-corrected chi connectivity index (χ4v) is 7.58. The second kappa shape index (κ2) is 16.4. The van der Waals surface area contributed by atoms with Crippen LogP contribution in [0.5, 0.6) is 0 Å². The molecule has 0 saturated carbocycles. The van der Waals surface area contributed by atoms with E-state index in [-0.39, 0.29) is 0 Å². The zero-order valence-corrected chi connectivity index (χ0v) is 32.6. The zero-order chi connectivity index (χ0) is 40.1. The van der Waals surface area contributed by atoms with Crippen LogP contribution < -0.4 is 0 Å². The van der Waals surface area contributed by atoms with Crippen molar-refractivity contribution < 1.29 is 0 Å². The Morgan fingerprint density at radius 2 is 0.483 bits per heavy atom. The lowest BCUT2D eigenvalue weighted by atomic mass is 9.87. The normalized spacial score (nSPS) is 11.0. The molecule has 0 bridgehead atoms. The lowest BCUT2D eigenvalue weighted by molar-refractivity contribution is 1.07. The predicted molar refractivity (Wildman–Crippen MR) is 244 cm³/mol. The summed E-state index contributed by atoms with van der Waals surface area (Å²) in [5.74, 6) is 2.55. The van der Waals surface area contributed by atoms with Gasteiger partial charge in [-0.2, -0.15) is 0 Å². The number of benzene rings is 8. The fraction of sp³-hybridized carbons (Fsp3) is 0. The van der Waals surface area contributed by atoms with Gasteiger partial charge in [-0.3, -0.25) is 0 Å². The van der Waals surface area contributed by atoms with Gasteiger partial charge in [-0.15, -0.1) is 0 Å². The van der Waals surface area contributed by atoms with Gasteiger partial charge in [0, 0.05) is 33.4 Å². The third kappa shape index (κ3) is 7.51. The van der Waals surface area contributed by atoms with Gasteiger partial charge in [-0.25, -0.2) is 24.9 Å². The van der Waals surface area contributed by atoms with Gasteiger partial charge in [0.2, 0.25) is 0 Å². The van der Waals surface area contributed by atoms with Crippen LogP contribution in [0.2, 0.25) is 0 Å². The van der Waals surface area contributed by atoms with E-state index >= 15 is 0 Å². The molecule has 0 aliphatic rings. The molecule has 8 aromatic carbocycles. The van der Waals surface area contributed by atoms with E-state index < -0.39 is 0 Å². The Hall–Kier alpha value is -8.15. The molecule has 5 heteroatoms. The second-order valence-corrected chi connectivity index (χ2v) is 14.5. The van der Waals surface area contributed by atoms with Gasteiger partial charge >= 0.3 is 0 Å². The highest BCUT2D eigenvalue weighted by Gasteiger charge is 2.19. The Morgan fingerprint density at radius 3 is 0.900 bits per heavy atom. The van der Waals surface area contributed by atoms with Crippen molar-refractivity contribution in [3.63, 3.8) is 0 Å². The van der Waals surface area contributed by atoms with Crippen LogP contribution in [0.1, 0.15) is 0 Å². The van der Waals surface area contributed by atoms with Crippen LogP contribution in [-0.2, 0) is 0 Å². The Kier molecular flexibility index (Phi) is 9.88. The molecule has 0 spiro atoms. The summed E-state index contributed by atoms with van der Waals surface area (Å²) in [6, 6.07) is 77.1. The Bertz CT molecular complexity index is 2720. The van der Waals surface area contributed by atoms with Crippen molar-refractivity contribution in [2.45, 2.75) is 0 Å². The molecule has 0 N–H and O–H groups in total. The molecule has 282 valence electrons. The summed E-state index contributed by atoms with van der Waals surface area (Å²) in [7, 11) is 0.